The monoisotopic (exact) mass is 486 g/mol. The van der Waals surface area contributed by atoms with Crippen molar-refractivity contribution in [3.63, 3.8) is 0 Å². The van der Waals surface area contributed by atoms with Gasteiger partial charge in [0.2, 0.25) is 0 Å². The van der Waals surface area contributed by atoms with Gasteiger partial charge < -0.3 is 14.8 Å². The van der Waals surface area contributed by atoms with Crippen LogP contribution in [0.25, 0.3) is 0 Å². The second-order valence-corrected chi connectivity index (χ2v) is 10.1. The first kappa shape index (κ1) is 22.9. The van der Waals surface area contributed by atoms with Crippen molar-refractivity contribution in [3.05, 3.63) is 77.8 Å². The third-order valence-corrected chi connectivity index (χ3v) is 6.92. The summed E-state index contributed by atoms with van der Waals surface area (Å²) in [4.78, 5) is 13.2. The normalized spacial score (nSPS) is 15.5. The van der Waals surface area contributed by atoms with Gasteiger partial charge >= 0.3 is 0 Å². The Labute approximate surface area is 197 Å². The van der Waals surface area contributed by atoms with Crippen molar-refractivity contribution in [3.8, 4) is 11.5 Å². The van der Waals surface area contributed by atoms with E-state index < -0.39 is 22.0 Å². The number of halogens is 1. The van der Waals surface area contributed by atoms with Crippen LogP contribution in [0.5, 0.6) is 11.5 Å². The summed E-state index contributed by atoms with van der Waals surface area (Å²) in [7, 11) is -3.96. The highest BCUT2D eigenvalue weighted by Gasteiger charge is 2.37. The summed E-state index contributed by atoms with van der Waals surface area (Å²) in [5.74, 6) is 0.383. The molecule has 0 bridgehead atoms. The van der Waals surface area contributed by atoms with Crippen LogP contribution >= 0.6 is 11.6 Å². The van der Waals surface area contributed by atoms with Gasteiger partial charge in [-0.25, -0.2) is 8.42 Å². The highest BCUT2D eigenvalue weighted by atomic mass is 35.5. The summed E-state index contributed by atoms with van der Waals surface area (Å²) in [6.45, 7) is 3.61. The molecule has 0 saturated carbocycles. The van der Waals surface area contributed by atoms with Gasteiger partial charge in [0.05, 0.1) is 23.2 Å². The zero-order valence-corrected chi connectivity index (χ0v) is 19.6. The molecule has 0 aliphatic carbocycles. The van der Waals surface area contributed by atoms with Crippen molar-refractivity contribution in [2.45, 2.75) is 31.0 Å². The van der Waals surface area contributed by atoms with Crippen LogP contribution in [0.15, 0.2) is 77.7 Å². The second kappa shape index (κ2) is 9.33. The van der Waals surface area contributed by atoms with E-state index in [0.717, 1.165) is 4.31 Å². The summed E-state index contributed by atoms with van der Waals surface area (Å²) < 4.78 is 39.5. The average molecular weight is 487 g/mol. The largest absolute Gasteiger partial charge is 0.491 e. The zero-order chi connectivity index (χ0) is 23.6. The summed E-state index contributed by atoms with van der Waals surface area (Å²) in [6.07, 6.45) is -1.09. The first-order chi connectivity index (χ1) is 15.7. The maximum atomic E-state index is 13.4. The zero-order valence-electron chi connectivity index (χ0n) is 18.1. The Hall–Kier alpha value is -3.23. The number of hydrogen-bond donors (Lipinski definition) is 1. The minimum absolute atomic E-state index is 0.0160. The molecule has 1 amide bonds. The van der Waals surface area contributed by atoms with Crippen LogP contribution in [0.3, 0.4) is 0 Å². The predicted octanol–water partition coefficient (Wildman–Crippen LogP) is 4.72. The number of nitrogens with zero attached hydrogens (tertiary/aromatic N) is 1. The van der Waals surface area contributed by atoms with Crippen LogP contribution < -0.4 is 19.1 Å². The van der Waals surface area contributed by atoms with Crippen molar-refractivity contribution in [1.82, 2.24) is 0 Å². The maximum Gasteiger partial charge on any atom is 0.267 e. The lowest BCUT2D eigenvalue weighted by Gasteiger charge is -2.34. The number of hydrogen-bond acceptors (Lipinski definition) is 5. The van der Waals surface area contributed by atoms with Gasteiger partial charge in [0, 0.05) is 16.8 Å². The Bertz CT molecular complexity index is 1260. The molecule has 1 atom stereocenters. The smallest absolute Gasteiger partial charge is 0.267 e. The molecule has 0 radical (unpaired) electrons. The van der Waals surface area contributed by atoms with Crippen molar-refractivity contribution < 1.29 is 22.7 Å². The van der Waals surface area contributed by atoms with Crippen molar-refractivity contribution in [1.29, 1.82) is 0 Å². The molecule has 4 rings (SSSR count). The average Bonchev–Trinajstić information content (AvgIpc) is 2.78. The number of nitrogens with one attached hydrogen (secondary N) is 1. The number of fused-ring (bicyclic) bond motifs is 1. The molecule has 9 heteroatoms. The first-order valence-corrected chi connectivity index (χ1v) is 12.2. The van der Waals surface area contributed by atoms with Gasteiger partial charge in [0.15, 0.2) is 6.10 Å². The van der Waals surface area contributed by atoms with Crippen molar-refractivity contribution >= 4 is 38.9 Å². The second-order valence-electron chi connectivity index (χ2n) is 7.75. The summed E-state index contributed by atoms with van der Waals surface area (Å²) in [5.41, 5.74) is 0.795. The molecule has 7 nitrogen and oxygen atoms in total. The lowest BCUT2D eigenvalue weighted by Crippen LogP contribution is -2.48. The van der Waals surface area contributed by atoms with Gasteiger partial charge in [-0.3, -0.25) is 9.10 Å². The van der Waals surface area contributed by atoms with Crippen LogP contribution in [-0.4, -0.2) is 33.1 Å². The topological polar surface area (TPSA) is 84.9 Å². The number of rotatable bonds is 6. The number of ether oxygens (including phenoxy) is 2. The fraction of sp³-hybridized carbons (Fsp3) is 0.208. The number of benzene rings is 3. The van der Waals surface area contributed by atoms with Crippen LogP contribution in [0.2, 0.25) is 5.02 Å². The summed E-state index contributed by atoms with van der Waals surface area (Å²) in [6, 6.07) is 19.7. The van der Waals surface area contributed by atoms with Crippen molar-refractivity contribution in [2.75, 3.05) is 16.2 Å². The quantitative estimate of drug-likeness (QED) is 0.544. The highest BCUT2D eigenvalue weighted by Crippen LogP contribution is 2.39. The van der Waals surface area contributed by atoms with E-state index in [1.807, 2.05) is 13.8 Å². The van der Waals surface area contributed by atoms with Gasteiger partial charge in [0.1, 0.15) is 11.5 Å². The Balaban J connectivity index is 1.63. The van der Waals surface area contributed by atoms with Gasteiger partial charge in [-0.05, 0) is 56.3 Å². The molecule has 0 saturated heterocycles. The molecule has 3 aromatic carbocycles. The Kier molecular flexibility index (Phi) is 6.49. The van der Waals surface area contributed by atoms with Gasteiger partial charge in [-0.15, -0.1) is 0 Å². The molecule has 1 aliphatic rings. The van der Waals surface area contributed by atoms with Gasteiger partial charge in [-0.2, -0.15) is 0 Å². The number of sulfonamides is 1. The fourth-order valence-electron chi connectivity index (χ4n) is 3.45. The fourth-order valence-corrected chi connectivity index (χ4v) is 5.11. The molecule has 172 valence electrons. The number of amides is 1. The minimum atomic E-state index is -3.96. The first-order valence-electron chi connectivity index (χ1n) is 10.4. The number of carbonyl (C=O) groups is 1. The molecule has 0 aromatic heterocycles. The van der Waals surface area contributed by atoms with Crippen molar-refractivity contribution in [2.24, 2.45) is 0 Å². The van der Waals surface area contributed by atoms with Crippen LogP contribution in [-0.2, 0) is 14.8 Å². The molecule has 1 N–H and O–H groups in total. The molecule has 0 spiro atoms. The van der Waals surface area contributed by atoms with E-state index in [9.17, 15) is 13.2 Å². The SMILES string of the molecule is CC(C)Oc1cccc(NC(=O)[C@H]2CN(S(=O)(=O)c3ccccc3)c3cc(Cl)ccc3O2)c1. The molecule has 33 heavy (non-hydrogen) atoms. The number of anilines is 2. The third-order valence-electron chi connectivity index (χ3n) is 4.89. The van der Waals surface area contributed by atoms with Crippen LogP contribution in [0.4, 0.5) is 11.4 Å². The standard InChI is InChI=1S/C24H23ClN2O5S/c1-16(2)31-19-8-6-7-18(14-19)26-24(28)23-15-27(21-13-17(25)11-12-22(21)32-23)33(29,30)20-9-4-3-5-10-20/h3-14,16,23H,15H2,1-2H3,(H,26,28)/t23-/m1/s1. The van der Waals surface area contributed by atoms with E-state index in [1.165, 1.54) is 18.2 Å². The minimum Gasteiger partial charge on any atom is -0.491 e. The van der Waals surface area contributed by atoms with Gasteiger partial charge in [-0.1, -0.05) is 35.9 Å². The lowest BCUT2D eigenvalue weighted by atomic mass is 10.2. The van der Waals surface area contributed by atoms with E-state index in [4.69, 9.17) is 21.1 Å². The van der Waals surface area contributed by atoms with E-state index in [2.05, 4.69) is 5.32 Å². The van der Waals surface area contributed by atoms with Crippen LogP contribution in [0.1, 0.15) is 13.8 Å². The number of carbonyl (C=O) groups excluding carboxylic acids is 1. The predicted molar refractivity (Wildman–Crippen MR) is 128 cm³/mol. The Morgan fingerprint density at radius 3 is 2.58 bits per heavy atom. The molecular formula is C24H23ClN2O5S. The molecule has 1 heterocycles. The lowest BCUT2D eigenvalue weighted by molar-refractivity contribution is -0.122. The highest BCUT2D eigenvalue weighted by molar-refractivity contribution is 7.92. The molecule has 0 fully saturated rings. The van der Waals surface area contributed by atoms with E-state index in [-0.39, 0.29) is 29.0 Å². The molecule has 1 aliphatic heterocycles. The van der Waals surface area contributed by atoms with E-state index >= 15 is 0 Å². The van der Waals surface area contributed by atoms with Crippen LogP contribution in [0, 0.1) is 0 Å². The molecule has 3 aromatic rings. The third kappa shape index (κ3) is 5.07. The van der Waals surface area contributed by atoms with Gasteiger partial charge in [0.25, 0.3) is 15.9 Å². The Morgan fingerprint density at radius 2 is 1.85 bits per heavy atom. The van der Waals surface area contributed by atoms with E-state index in [1.54, 1.807) is 54.6 Å². The maximum absolute atomic E-state index is 13.4. The summed E-state index contributed by atoms with van der Waals surface area (Å²) >= 11 is 6.13. The molecule has 0 unspecified atom stereocenters. The van der Waals surface area contributed by atoms with E-state index in [0.29, 0.717) is 16.5 Å². The Morgan fingerprint density at radius 1 is 1.09 bits per heavy atom. The molecular weight excluding hydrogens is 464 g/mol. The summed E-state index contributed by atoms with van der Waals surface area (Å²) in [5, 5.41) is 3.14.